The summed E-state index contributed by atoms with van der Waals surface area (Å²) in [6.07, 6.45) is 2.29. The lowest BCUT2D eigenvalue weighted by Crippen LogP contribution is -2.35. The van der Waals surface area contributed by atoms with Crippen molar-refractivity contribution in [2.24, 2.45) is 5.73 Å². The SMILES string of the molecule is CCn1cc(CN2CCOCC2)c2ccc(CN)cc21. The summed E-state index contributed by atoms with van der Waals surface area (Å²) in [6, 6.07) is 6.59. The van der Waals surface area contributed by atoms with Gasteiger partial charge in [0, 0.05) is 49.8 Å². The minimum Gasteiger partial charge on any atom is -0.379 e. The number of aryl methyl sites for hydroxylation is 1. The third-order valence-corrected chi connectivity index (χ3v) is 4.10. The molecule has 4 nitrogen and oxygen atoms in total. The van der Waals surface area contributed by atoms with E-state index in [0.29, 0.717) is 6.54 Å². The molecule has 0 amide bonds. The number of benzene rings is 1. The Morgan fingerprint density at radius 1 is 1.25 bits per heavy atom. The van der Waals surface area contributed by atoms with Crippen LogP contribution in [0.15, 0.2) is 24.4 Å². The average Bonchev–Trinajstić information content (AvgIpc) is 2.85. The molecule has 2 heterocycles. The lowest BCUT2D eigenvalue weighted by molar-refractivity contribution is 0.0343. The smallest absolute Gasteiger partial charge is 0.0594 e. The van der Waals surface area contributed by atoms with Crippen LogP contribution in [0, 0.1) is 0 Å². The third kappa shape index (κ3) is 2.59. The van der Waals surface area contributed by atoms with E-state index in [2.05, 4.69) is 40.8 Å². The highest BCUT2D eigenvalue weighted by Crippen LogP contribution is 2.24. The number of rotatable bonds is 4. The number of aromatic nitrogens is 1. The maximum atomic E-state index is 5.76. The second-order valence-corrected chi connectivity index (χ2v) is 5.38. The van der Waals surface area contributed by atoms with Gasteiger partial charge in [-0.25, -0.2) is 0 Å². The first kappa shape index (κ1) is 13.6. The number of nitrogens with two attached hydrogens (primary N) is 1. The summed E-state index contributed by atoms with van der Waals surface area (Å²) in [7, 11) is 0. The van der Waals surface area contributed by atoms with Crippen molar-refractivity contribution in [2.75, 3.05) is 26.3 Å². The molecule has 0 saturated carbocycles. The van der Waals surface area contributed by atoms with Crippen LogP contribution in [0.2, 0.25) is 0 Å². The molecule has 0 atom stereocenters. The van der Waals surface area contributed by atoms with E-state index < -0.39 is 0 Å². The summed E-state index contributed by atoms with van der Waals surface area (Å²) in [5.74, 6) is 0. The summed E-state index contributed by atoms with van der Waals surface area (Å²) >= 11 is 0. The van der Waals surface area contributed by atoms with E-state index in [9.17, 15) is 0 Å². The van der Waals surface area contributed by atoms with Crippen LogP contribution in [-0.4, -0.2) is 35.8 Å². The number of hydrogen-bond acceptors (Lipinski definition) is 3. The minimum absolute atomic E-state index is 0.601. The normalized spacial score (nSPS) is 16.9. The van der Waals surface area contributed by atoms with Crippen LogP contribution in [-0.2, 0) is 24.4 Å². The van der Waals surface area contributed by atoms with Gasteiger partial charge in [0.25, 0.3) is 0 Å². The fourth-order valence-corrected chi connectivity index (χ4v) is 2.93. The molecule has 0 radical (unpaired) electrons. The molecule has 0 bridgehead atoms. The molecule has 4 heteroatoms. The van der Waals surface area contributed by atoms with Gasteiger partial charge in [-0.1, -0.05) is 12.1 Å². The Labute approximate surface area is 120 Å². The molecule has 1 fully saturated rings. The van der Waals surface area contributed by atoms with Gasteiger partial charge in [-0.3, -0.25) is 4.90 Å². The summed E-state index contributed by atoms with van der Waals surface area (Å²) < 4.78 is 7.74. The van der Waals surface area contributed by atoms with Crippen LogP contribution < -0.4 is 5.73 Å². The van der Waals surface area contributed by atoms with Gasteiger partial charge in [-0.15, -0.1) is 0 Å². The van der Waals surface area contributed by atoms with E-state index in [0.717, 1.165) is 39.4 Å². The van der Waals surface area contributed by atoms with E-state index in [1.807, 2.05) is 0 Å². The van der Waals surface area contributed by atoms with Gasteiger partial charge in [-0.2, -0.15) is 0 Å². The summed E-state index contributed by atoms with van der Waals surface area (Å²) in [5, 5.41) is 1.36. The molecule has 1 aliphatic heterocycles. The second kappa shape index (κ2) is 5.95. The van der Waals surface area contributed by atoms with Gasteiger partial charge in [-0.05, 0) is 24.1 Å². The molecule has 1 saturated heterocycles. The first-order valence-electron chi connectivity index (χ1n) is 7.42. The van der Waals surface area contributed by atoms with E-state index in [4.69, 9.17) is 10.5 Å². The quantitative estimate of drug-likeness (QED) is 0.926. The van der Waals surface area contributed by atoms with Crippen LogP contribution >= 0.6 is 0 Å². The zero-order valence-electron chi connectivity index (χ0n) is 12.1. The van der Waals surface area contributed by atoms with Crippen LogP contribution in [0.1, 0.15) is 18.1 Å². The molecule has 1 aliphatic rings. The standard InChI is InChI=1S/C16H23N3O/c1-2-19-12-14(11-18-5-7-20-8-6-18)15-4-3-13(10-17)9-16(15)19/h3-4,9,12H,2,5-8,10-11,17H2,1H3. The van der Waals surface area contributed by atoms with Gasteiger partial charge in [0.05, 0.1) is 13.2 Å². The zero-order valence-corrected chi connectivity index (χ0v) is 12.1. The first-order chi connectivity index (χ1) is 9.81. The van der Waals surface area contributed by atoms with E-state index in [1.54, 1.807) is 0 Å². The monoisotopic (exact) mass is 273 g/mol. The van der Waals surface area contributed by atoms with Crippen molar-refractivity contribution in [3.63, 3.8) is 0 Å². The van der Waals surface area contributed by atoms with Crippen LogP contribution in [0.5, 0.6) is 0 Å². The van der Waals surface area contributed by atoms with Crippen LogP contribution in [0.4, 0.5) is 0 Å². The lowest BCUT2D eigenvalue weighted by Gasteiger charge is -2.26. The topological polar surface area (TPSA) is 43.4 Å². The minimum atomic E-state index is 0.601. The number of ether oxygens (including phenoxy) is 1. The second-order valence-electron chi connectivity index (χ2n) is 5.38. The highest BCUT2D eigenvalue weighted by Gasteiger charge is 2.14. The van der Waals surface area contributed by atoms with Gasteiger partial charge in [0.2, 0.25) is 0 Å². The molecule has 0 aliphatic carbocycles. The van der Waals surface area contributed by atoms with Crippen LogP contribution in [0.25, 0.3) is 10.9 Å². The largest absolute Gasteiger partial charge is 0.379 e. The average molecular weight is 273 g/mol. The number of hydrogen-bond donors (Lipinski definition) is 1. The Morgan fingerprint density at radius 2 is 2.05 bits per heavy atom. The molecule has 2 N–H and O–H groups in total. The molecule has 1 aromatic heterocycles. The number of morpholine rings is 1. The predicted octanol–water partition coefficient (Wildman–Crippen LogP) is 1.95. The predicted molar refractivity (Wildman–Crippen MR) is 81.6 cm³/mol. The third-order valence-electron chi connectivity index (χ3n) is 4.10. The molecular weight excluding hydrogens is 250 g/mol. The fraction of sp³-hybridized carbons (Fsp3) is 0.500. The molecule has 108 valence electrons. The molecule has 20 heavy (non-hydrogen) atoms. The fourth-order valence-electron chi connectivity index (χ4n) is 2.93. The van der Waals surface area contributed by atoms with E-state index in [1.165, 1.54) is 22.0 Å². The van der Waals surface area contributed by atoms with Gasteiger partial charge < -0.3 is 15.0 Å². The Balaban J connectivity index is 1.93. The molecule has 2 aromatic rings. The van der Waals surface area contributed by atoms with E-state index in [-0.39, 0.29) is 0 Å². The van der Waals surface area contributed by atoms with Gasteiger partial charge in [0.15, 0.2) is 0 Å². The lowest BCUT2D eigenvalue weighted by atomic mass is 10.1. The Kier molecular flexibility index (Phi) is 4.05. The number of fused-ring (bicyclic) bond motifs is 1. The molecule has 0 spiro atoms. The molecular formula is C16H23N3O. The van der Waals surface area contributed by atoms with Gasteiger partial charge in [0.1, 0.15) is 0 Å². The summed E-state index contributed by atoms with van der Waals surface area (Å²) in [6.45, 7) is 8.55. The molecule has 0 unspecified atom stereocenters. The van der Waals surface area contributed by atoms with Crippen molar-refractivity contribution in [3.8, 4) is 0 Å². The Bertz CT molecular complexity index is 585. The number of nitrogens with zero attached hydrogens (tertiary/aromatic N) is 2. The summed E-state index contributed by atoms with van der Waals surface area (Å²) in [4.78, 5) is 2.47. The van der Waals surface area contributed by atoms with Crippen molar-refractivity contribution in [2.45, 2.75) is 26.6 Å². The summed E-state index contributed by atoms with van der Waals surface area (Å²) in [5.41, 5.74) is 9.67. The Hall–Kier alpha value is -1.36. The van der Waals surface area contributed by atoms with Crippen molar-refractivity contribution in [1.29, 1.82) is 0 Å². The van der Waals surface area contributed by atoms with Crippen molar-refractivity contribution < 1.29 is 4.74 Å². The maximum absolute atomic E-state index is 5.76. The van der Waals surface area contributed by atoms with E-state index >= 15 is 0 Å². The van der Waals surface area contributed by atoms with Gasteiger partial charge >= 0.3 is 0 Å². The van der Waals surface area contributed by atoms with Crippen molar-refractivity contribution in [3.05, 3.63) is 35.5 Å². The van der Waals surface area contributed by atoms with Crippen molar-refractivity contribution >= 4 is 10.9 Å². The zero-order chi connectivity index (χ0) is 13.9. The molecule has 3 rings (SSSR count). The highest BCUT2D eigenvalue weighted by molar-refractivity contribution is 5.84. The highest BCUT2D eigenvalue weighted by atomic mass is 16.5. The molecule has 1 aromatic carbocycles. The first-order valence-corrected chi connectivity index (χ1v) is 7.42. The Morgan fingerprint density at radius 3 is 2.75 bits per heavy atom. The van der Waals surface area contributed by atoms with Crippen molar-refractivity contribution in [1.82, 2.24) is 9.47 Å². The maximum Gasteiger partial charge on any atom is 0.0594 e. The van der Waals surface area contributed by atoms with Crippen LogP contribution in [0.3, 0.4) is 0 Å².